The number of rotatable bonds is 7. The Labute approximate surface area is 189 Å². The molecule has 2 N–H and O–H groups in total. The Morgan fingerprint density at radius 2 is 2.15 bits per heavy atom. The molecule has 5 nitrogen and oxygen atoms in total. The predicted octanol–water partition coefficient (Wildman–Crippen LogP) is 4.13. The number of guanidine groups is 1. The first kappa shape index (κ1) is 23.1. The van der Waals surface area contributed by atoms with Gasteiger partial charge in [0.25, 0.3) is 0 Å². The lowest BCUT2D eigenvalue weighted by atomic mass is 9.95. The predicted molar refractivity (Wildman–Crippen MR) is 131 cm³/mol. The van der Waals surface area contributed by atoms with Gasteiger partial charge in [0.2, 0.25) is 0 Å². The summed E-state index contributed by atoms with van der Waals surface area (Å²) in [7, 11) is 1.87. The van der Waals surface area contributed by atoms with E-state index in [0.717, 1.165) is 24.2 Å². The largest absolute Gasteiger partial charge is 0.356 e. The molecule has 1 saturated heterocycles. The number of halogens is 1. The minimum atomic E-state index is 0. The molecule has 27 heavy (non-hydrogen) atoms. The summed E-state index contributed by atoms with van der Waals surface area (Å²) in [4.78, 5) is 11.6. The molecule has 2 heterocycles. The number of nitrogens with one attached hydrogen (secondary N) is 2. The third-order valence-corrected chi connectivity index (χ3v) is 7.37. The maximum atomic E-state index is 4.80. The number of aliphatic imine (C=N–C) groups is 1. The molecule has 0 radical (unpaired) electrons. The summed E-state index contributed by atoms with van der Waals surface area (Å²) in [6.45, 7) is 5.47. The quantitative estimate of drug-likeness (QED) is 0.320. The zero-order valence-corrected chi connectivity index (χ0v) is 20.5. The molecule has 0 amide bonds. The Balaban J connectivity index is 0.00000261. The average Bonchev–Trinajstić information content (AvgIpc) is 3.33. The molecule has 2 unspecified atom stereocenters. The summed E-state index contributed by atoms with van der Waals surface area (Å²) in [5, 5.41) is 11.3. The first-order chi connectivity index (χ1) is 12.8. The molecular formula is C19H34IN5S2. The van der Waals surface area contributed by atoms with Crippen LogP contribution in [-0.2, 0) is 6.42 Å². The molecule has 154 valence electrons. The van der Waals surface area contributed by atoms with Crippen molar-refractivity contribution in [3.63, 3.8) is 0 Å². The molecule has 1 aliphatic heterocycles. The maximum absolute atomic E-state index is 4.80. The lowest BCUT2D eigenvalue weighted by Crippen LogP contribution is -2.46. The molecule has 1 aliphatic carbocycles. The lowest BCUT2D eigenvalue weighted by Gasteiger charge is -2.30. The first-order valence-electron chi connectivity index (χ1n) is 10.1. The van der Waals surface area contributed by atoms with Gasteiger partial charge in [-0.3, -0.25) is 4.99 Å². The van der Waals surface area contributed by atoms with Gasteiger partial charge in [0.15, 0.2) is 11.1 Å². The topological polar surface area (TPSA) is 52.6 Å². The highest BCUT2D eigenvalue weighted by Gasteiger charge is 2.22. The Hall–Kier alpha value is -0.220. The van der Waals surface area contributed by atoms with Gasteiger partial charge in [-0.1, -0.05) is 13.3 Å². The second-order valence-electron chi connectivity index (χ2n) is 7.15. The van der Waals surface area contributed by atoms with Gasteiger partial charge < -0.3 is 15.5 Å². The standard InChI is InChI=1S/C19H33N5S2.HI/c1-3-25-17-8-6-7-15(13-17)22-18(20-2)21-10-9-16-14-26-19(23-16)24-11-4-5-12-24;/h14-15,17H,3-13H2,1-2H3,(H2,20,21,22);1H. The average molecular weight is 524 g/mol. The van der Waals surface area contributed by atoms with Crippen molar-refractivity contribution in [2.75, 3.05) is 37.3 Å². The van der Waals surface area contributed by atoms with Crippen LogP contribution in [0.3, 0.4) is 0 Å². The molecular weight excluding hydrogens is 489 g/mol. The van der Waals surface area contributed by atoms with E-state index in [1.54, 1.807) is 11.3 Å². The van der Waals surface area contributed by atoms with Crippen LogP contribution in [0.15, 0.2) is 10.4 Å². The van der Waals surface area contributed by atoms with Crippen LogP contribution in [0.25, 0.3) is 0 Å². The SMILES string of the molecule is CCSC1CCCC(NC(=NC)NCCc2csc(N3CCCC3)n2)C1.I. The fraction of sp³-hybridized carbons (Fsp3) is 0.789. The van der Waals surface area contributed by atoms with E-state index in [1.807, 2.05) is 7.05 Å². The fourth-order valence-electron chi connectivity index (χ4n) is 3.82. The lowest BCUT2D eigenvalue weighted by molar-refractivity contribution is 0.419. The van der Waals surface area contributed by atoms with Gasteiger partial charge in [-0.25, -0.2) is 4.98 Å². The van der Waals surface area contributed by atoms with Crippen LogP contribution in [0.2, 0.25) is 0 Å². The molecule has 2 atom stereocenters. The van der Waals surface area contributed by atoms with Crippen LogP contribution in [-0.4, -0.2) is 54.7 Å². The molecule has 1 aromatic heterocycles. The molecule has 0 spiro atoms. The van der Waals surface area contributed by atoms with Crippen molar-refractivity contribution in [3.8, 4) is 0 Å². The maximum Gasteiger partial charge on any atom is 0.191 e. The Bertz CT molecular complexity index is 572. The highest BCUT2D eigenvalue weighted by atomic mass is 127. The summed E-state index contributed by atoms with van der Waals surface area (Å²) in [6, 6.07) is 0.556. The number of aromatic nitrogens is 1. The number of thioether (sulfide) groups is 1. The number of hydrogen-bond donors (Lipinski definition) is 2. The van der Waals surface area contributed by atoms with Crippen molar-refractivity contribution in [1.29, 1.82) is 0 Å². The number of thiazole rings is 1. The molecule has 1 saturated carbocycles. The van der Waals surface area contributed by atoms with Gasteiger partial charge in [0.05, 0.1) is 5.69 Å². The van der Waals surface area contributed by atoms with Crippen molar-refractivity contribution in [2.45, 2.75) is 63.2 Å². The van der Waals surface area contributed by atoms with Crippen molar-refractivity contribution in [1.82, 2.24) is 15.6 Å². The molecule has 2 fully saturated rings. The molecule has 0 aromatic carbocycles. The summed E-state index contributed by atoms with van der Waals surface area (Å²) in [5.41, 5.74) is 1.19. The molecule has 1 aromatic rings. The van der Waals surface area contributed by atoms with E-state index in [2.05, 4.69) is 44.6 Å². The van der Waals surface area contributed by atoms with Gasteiger partial charge >= 0.3 is 0 Å². The van der Waals surface area contributed by atoms with E-state index in [0.29, 0.717) is 6.04 Å². The van der Waals surface area contributed by atoms with E-state index in [1.165, 1.54) is 68.2 Å². The smallest absolute Gasteiger partial charge is 0.191 e. The second kappa shape index (κ2) is 12.4. The number of anilines is 1. The highest BCUT2D eigenvalue weighted by molar-refractivity contribution is 14.0. The second-order valence-corrected chi connectivity index (χ2v) is 9.56. The summed E-state index contributed by atoms with van der Waals surface area (Å²) >= 11 is 3.89. The molecule has 0 bridgehead atoms. The van der Waals surface area contributed by atoms with Crippen molar-refractivity contribution in [3.05, 3.63) is 11.1 Å². The van der Waals surface area contributed by atoms with E-state index < -0.39 is 0 Å². The number of nitrogens with zero attached hydrogens (tertiary/aromatic N) is 3. The van der Waals surface area contributed by atoms with Gasteiger partial charge in [0.1, 0.15) is 0 Å². The number of hydrogen-bond acceptors (Lipinski definition) is 5. The summed E-state index contributed by atoms with van der Waals surface area (Å²) in [5.74, 6) is 2.16. The van der Waals surface area contributed by atoms with Gasteiger partial charge in [0, 0.05) is 49.8 Å². The molecule has 3 rings (SSSR count). The van der Waals surface area contributed by atoms with Crippen LogP contribution in [0, 0.1) is 0 Å². The summed E-state index contributed by atoms with van der Waals surface area (Å²) in [6.07, 6.45) is 8.76. The Morgan fingerprint density at radius 3 is 2.89 bits per heavy atom. The minimum Gasteiger partial charge on any atom is -0.356 e. The van der Waals surface area contributed by atoms with Crippen molar-refractivity contribution >= 4 is 58.2 Å². The van der Waals surface area contributed by atoms with E-state index in [9.17, 15) is 0 Å². The van der Waals surface area contributed by atoms with E-state index in [4.69, 9.17) is 4.98 Å². The van der Waals surface area contributed by atoms with Gasteiger partial charge in [-0.05, 0) is 37.9 Å². The Kier molecular flexibility index (Phi) is 10.6. The fourth-order valence-corrected chi connectivity index (χ4v) is 5.91. The Morgan fingerprint density at radius 1 is 1.33 bits per heavy atom. The van der Waals surface area contributed by atoms with Crippen LogP contribution in [0.5, 0.6) is 0 Å². The normalized spacial score (nSPS) is 23.2. The van der Waals surface area contributed by atoms with Gasteiger partial charge in [-0.2, -0.15) is 11.8 Å². The minimum absolute atomic E-state index is 0. The van der Waals surface area contributed by atoms with Crippen LogP contribution >= 0.6 is 47.1 Å². The zero-order valence-electron chi connectivity index (χ0n) is 16.6. The van der Waals surface area contributed by atoms with Crippen LogP contribution in [0.4, 0.5) is 5.13 Å². The first-order valence-corrected chi connectivity index (χ1v) is 12.0. The monoisotopic (exact) mass is 523 g/mol. The van der Waals surface area contributed by atoms with Crippen molar-refractivity contribution in [2.24, 2.45) is 4.99 Å². The molecule has 8 heteroatoms. The summed E-state index contributed by atoms with van der Waals surface area (Å²) < 4.78 is 0. The van der Waals surface area contributed by atoms with Crippen molar-refractivity contribution < 1.29 is 0 Å². The zero-order chi connectivity index (χ0) is 18.2. The van der Waals surface area contributed by atoms with Crippen LogP contribution in [0.1, 0.15) is 51.1 Å². The third-order valence-electron chi connectivity index (χ3n) is 5.18. The van der Waals surface area contributed by atoms with E-state index in [-0.39, 0.29) is 24.0 Å². The molecule has 2 aliphatic rings. The van der Waals surface area contributed by atoms with Crippen LogP contribution < -0.4 is 15.5 Å². The third kappa shape index (κ3) is 7.27. The van der Waals surface area contributed by atoms with Gasteiger partial charge in [-0.15, -0.1) is 35.3 Å². The highest BCUT2D eigenvalue weighted by Crippen LogP contribution is 2.28. The van der Waals surface area contributed by atoms with E-state index >= 15 is 0 Å².